The number of nitrogens with two attached hydrogens (primary N) is 1. The number of hydrogen-bond acceptors (Lipinski definition) is 9. The van der Waals surface area contributed by atoms with Crippen LogP contribution in [0.15, 0.2) is 12.1 Å². The van der Waals surface area contributed by atoms with E-state index >= 15 is 0 Å². The Bertz CT molecular complexity index is 2140. The molecule has 58 heavy (non-hydrogen) atoms. The monoisotopic (exact) mass is 834 g/mol. The van der Waals surface area contributed by atoms with Crippen LogP contribution in [0.3, 0.4) is 0 Å². The first-order valence-electron chi connectivity index (χ1n) is 21.6. The Hall–Kier alpha value is -3.22. The van der Waals surface area contributed by atoms with Crippen LogP contribution in [0.5, 0.6) is 5.75 Å². The second-order valence-electron chi connectivity index (χ2n) is 19.9. The molecule has 2 aliphatic heterocycles. The average Bonchev–Trinajstić information content (AvgIpc) is 3.88. The van der Waals surface area contributed by atoms with Crippen molar-refractivity contribution >= 4 is 31.8 Å². The second kappa shape index (κ2) is 15.7. The van der Waals surface area contributed by atoms with Gasteiger partial charge in [-0.15, -0.1) is 5.26 Å². The van der Waals surface area contributed by atoms with Gasteiger partial charge in [0.1, 0.15) is 16.2 Å². The molecular formula is C44H62N6O6S2. The van der Waals surface area contributed by atoms with Crippen molar-refractivity contribution in [3.8, 4) is 12.0 Å². The number of hydrogen-bond donors (Lipinski definition) is 3. The highest BCUT2D eigenvalue weighted by molar-refractivity contribution is 7.90. The minimum Gasteiger partial charge on any atom is -0.387 e. The molecule has 6 aliphatic carbocycles. The molecule has 0 aromatic heterocycles. The van der Waals surface area contributed by atoms with Gasteiger partial charge < -0.3 is 10.1 Å². The van der Waals surface area contributed by atoms with Gasteiger partial charge in [0.2, 0.25) is 20.0 Å². The average molecular weight is 835 g/mol. The number of likely N-dealkylation sites (tertiary alicyclic amines) is 2. The predicted molar refractivity (Wildman–Crippen MR) is 226 cm³/mol. The SMILES string of the molecule is CC1(C)CC(N2CC(S(=O)(=O)NC(=O)Nc3c4c(cc5c3CCC5)CCC4)C2)C1.CC1(C)CC(N2CC(S(N)(=O)=O)C2)C1.N#COc1c2c(cc3c1CCC3)CCC2. The van der Waals surface area contributed by atoms with Crippen LogP contribution in [0.1, 0.15) is 124 Å². The molecule has 0 unspecified atom stereocenters. The number of amides is 2. The molecular weight excluding hydrogens is 773 g/mol. The first-order valence-corrected chi connectivity index (χ1v) is 24.8. The van der Waals surface area contributed by atoms with Crippen molar-refractivity contribution < 1.29 is 26.4 Å². The van der Waals surface area contributed by atoms with Gasteiger partial charge in [0, 0.05) is 44.0 Å². The number of carbonyl (C=O) groups excluding carboxylic acids is 1. The van der Waals surface area contributed by atoms with Crippen LogP contribution in [0.25, 0.3) is 0 Å². The molecule has 8 aliphatic rings. The van der Waals surface area contributed by atoms with E-state index in [1.165, 1.54) is 70.2 Å². The Labute approximate surface area is 345 Å². The number of carbonyl (C=O) groups is 1. The van der Waals surface area contributed by atoms with E-state index in [4.69, 9.17) is 15.1 Å². The number of sulfonamides is 2. The van der Waals surface area contributed by atoms with Crippen molar-refractivity contribution in [3.63, 3.8) is 0 Å². The zero-order valence-corrected chi connectivity index (χ0v) is 36.4. The summed E-state index contributed by atoms with van der Waals surface area (Å²) in [5.74, 6) is 0.903. The van der Waals surface area contributed by atoms with Crippen LogP contribution in [-0.4, -0.2) is 81.4 Å². The molecule has 4 N–H and O–H groups in total. The van der Waals surface area contributed by atoms with Gasteiger partial charge >= 0.3 is 6.03 Å². The molecule has 0 atom stereocenters. The summed E-state index contributed by atoms with van der Waals surface area (Å²) in [5, 5.41) is 15.9. The van der Waals surface area contributed by atoms with Crippen LogP contribution in [-0.2, 0) is 71.4 Å². The van der Waals surface area contributed by atoms with Gasteiger partial charge in [-0.2, -0.15) is 0 Å². The number of primary sulfonamides is 1. The number of benzene rings is 2. The molecule has 12 nitrogen and oxygen atoms in total. The third-order valence-corrected chi connectivity index (χ3v) is 17.2. The largest absolute Gasteiger partial charge is 0.387 e. The summed E-state index contributed by atoms with van der Waals surface area (Å²) in [4.78, 5) is 17.1. The van der Waals surface area contributed by atoms with E-state index in [0.29, 0.717) is 49.1 Å². The number of nitrogens with zero attached hydrogens (tertiary/aromatic N) is 3. The maximum atomic E-state index is 12.7. The molecule has 4 fully saturated rings. The third kappa shape index (κ3) is 8.53. The van der Waals surface area contributed by atoms with Crippen molar-refractivity contribution in [1.82, 2.24) is 14.5 Å². The Kier molecular flexibility index (Phi) is 11.2. The maximum Gasteiger partial charge on any atom is 0.332 e. The second-order valence-corrected chi connectivity index (χ2v) is 23.7. The van der Waals surface area contributed by atoms with Crippen molar-refractivity contribution in [2.24, 2.45) is 16.0 Å². The number of aryl methyl sites for hydroxylation is 4. The van der Waals surface area contributed by atoms with E-state index < -0.39 is 31.3 Å². The molecule has 2 heterocycles. The lowest BCUT2D eigenvalue weighted by Crippen LogP contribution is -2.64. The highest BCUT2D eigenvalue weighted by Gasteiger charge is 2.48. The van der Waals surface area contributed by atoms with E-state index in [-0.39, 0.29) is 5.25 Å². The smallest absolute Gasteiger partial charge is 0.332 e. The minimum absolute atomic E-state index is 0.314. The molecule has 2 saturated carbocycles. The van der Waals surface area contributed by atoms with E-state index in [0.717, 1.165) is 88.5 Å². The van der Waals surface area contributed by atoms with Crippen molar-refractivity contribution in [2.45, 2.75) is 153 Å². The summed E-state index contributed by atoms with van der Waals surface area (Å²) in [7, 11) is -6.94. The van der Waals surface area contributed by atoms with Gasteiger partial charge in [0.25, 0.3) is 6.26 Å². The molecule has 0 bridgehead atoms. The summed E-state index contributed by atoms with van der Waals surface area (Å²) in [6, 6.07) is 5.13. The molecule has 2 aromatic carbocycles. The number of anilines is 1. The minimum atomic E-state index is -3.65. The summed E-state index contributed by atoms with van der Waals surface area (Å²) in [6.07, 6.45) is 19.6. The van der Waals surface area contributed by atoms with Gasteiger partial charge in [-0.25, -0.2) is 31.5 Å². The summed E-state index contributed by atoms with van der Waals surface area (Å²) >= 11 is 0. The topological polar surface area (TPSA) is 175 Å². The fourth-order valence-electron chi connectivity index (χ4n) is 11.1. The summed E-state index contributed by atoms with van der Waals surface area (Å²) in [5.41, 5.74) is 12.2. The van der Waals surface area contributed by atoms with E-state index in [1.807, 2.05) is 6.26 Å². The Morgan fingerprint density at radius 2 is 1.09 bits per heavy atom. The Morgan fingerprint density at radius 1 is 0.690 bits per heavy atom. The zero-order valence-electron chi connectivity index (χ0n) is 34.8. The number of nitrogens with one attached hydrogen (secondary N) is 2. The number of nitriles is 1. The first kappa shape index (κ1) is 41.5. The fraction of sp³-hybridized carbons (Fsp3) is 0.682. The van der Waals surface area contributed by atoms with Crippen LogP contribution < -0.4 is 19.9 Å². The van der Waals surface area contributed by atoms with E-state index in [9.17, 15) is 21.6 Å². The fourth-order valence-corrected chi connectivity index (χ4v) is 13.2. The highest BCUT2D eigenvalue weighted by atomic mass is 32.2. The molecule has 0 spiro atoms. The van der Waals surface area contributed by atoms with Gasteiger partial charge in [-0.05, 0) is 158 Å². The summed E-state index contributed by atoms with van der Waals surface area (Å²) in [6.45, 7) is 11.3. The Morgan fingerprint density at radius 3 is 1.48 bits per heavy atom. The van der Waals surface area contributed by atoms with Crippen molar-refractivity contribution in [2.75, 3.05) is 31.5 Å². The zero-order chi connectivity index (χ0) is 41.2. The van der Waals surface area contributed by atoms with Crippen molar-refractivity contribution in [1.29, 1.82) is 5.26 Å². The lowest BCUT2D eigenvalue weighted by atomic mass is 9.67. The standard InChI is InChI=1S/C22H31N3O3S.C13H13NO.C9H18N2O2S/c1-22(2)10-16(11-22)25-12-17(13-25)29(27,28)24-21(26)23-20-18-7-3-5-14(18)9-15-6-4-8-19(15)20;14-8-15-13-11-5-1-3-9(11)7-10-4-2-6-12(10)13;1-9(2)3-7(4-9)11-5-8(6-11)14(10,12)13/h9,16-17H,3-8,10-13H2,1-2H3,(H2,23,24,26);7H,1-6H2;7-8H,3-6H2,1-2H3,(H2,10,12,13). The van der Waals surface area contributed by atoms with Gasteiger partial charge in [-0.3, -0.25) is 9.80 Å². The number of fused-ring (bicyclic) bond motifs is 4. The lowest BCUT2D eigenvalue weighted by molar-refractivity contribution is -0.00667. The van der Waals surface area contributed by atoms with Gasteiger partial charge in [0.15, 0.2) is 0 Å². The molecule has 316 valence electrons. The summed E-state index contributed by atoms with van der Waals surface area (Å²) < 4.78 is 54.8. The number of rotatable bonds is 7. The Balaban J connectivity index is 0.000000135. The molecule has 2 saturated heterocycles. The van der Waals surface area contributed by atoms with Crippen LogP contribution in [0.2, 0.25) is 0 Å². The van der Waals surface area contributed by atoms with Gasteiger partial charge in [-0.1, -0.05) is 39.8 Å². The normalized spacial score (nSPS) is 23.4. The first-order chi connectivity index (χ1) is 27.4. The third-order valence-electron chi connectivity index (χ3n) is 14.4. The van der Waals surface area contributed by atoms with Crippen molar-refractivity contribution in [3.05, 3.63) is 56.6 Å². The maximum absolute atomic E-state index is 12.7. The molecule has 2 aromatic rings. The number of urea groups is 1. The van der Waals surface area contributed by atoms with E-state index in [2.05, 4.69) is 59.7 Å². The van der Waals surface area contributed by atoms with Crippen LogP contribution >= 0.6 is 0 Å². The van der Waals surface area contributed by atoms with Gasteiger partial charge in [0.05, 0.1) is 0 Å². The quantitative estimate of drug-likeness (QED) is 0.298. The molecule has 0 radical (unpaired) electrons. The molecule has 2 amide bonds. The molecule has 10 rings (SSSR count). The highest BCUT2D eigenvalue weighted by Crippen LogP contribution is 2.46. The van der Waals surface area contributed by atoms with Crippen LogP contribution in [0, 0.1) is 22.3 Å². The predicted octanol–water partition coefficient (Wildman–Crippen LogP) is 5.66. The van der Waals surface area contributed by atoms with Crippen LogP contribution in [0.4, 0.5) is 10.5 Å². The lowest BCUT2D eigenvalue weighted by Gasteiger charge is -2.53. The molecule has 14 heteroatoms. The van der Waals surface area contributed by atoms with E-state index in [1.54, 1.807) is 0 Å². The number of ether oxygens (including phenoxy) is 1.